The number of nitrogens with zero attached hydrogens (tertiary/aromatic N) is 4. The van der Waals surface area contributed by atoms with Crippen LogP contribution in [0.2, 0.25) is 0 Å². The third-order valence-corrected chi connectivity index (χ3v) is 4.46. The van der Waals surface area contributed by atoms with Gasteiger partial charge >= 0.3 is 0 Å². The van der Waals surface area contributed by atoms with Crippen LogP contribution in [0.25, 0.3) is 0 Å². The first-order valence-electron chi connectivity index (χ1n) is 7.05. The molecule has 0 radical (unpaired) electrons. The first kappa shape index (κ1) is 14.2. The molecule has 1 saturated heterocycles. The van der Waals surface area contributed by atoms with E-state index in [0.717, 1.165) is 43.4 Å². The van der Waals surface area contributed by atoms with Crippen molar-refractivity contribution in [3.8, 4) is 0 Å². The first-order valence-corrected chi connectivity index (χ1v) is 7.93. The van der Waals surface area contributed by atoms with Crippen LogP contribution in [0, 0.1) is 6.92 Å². The lowest BCUT2D eigenvalue weighted by Crippen LogP contribution is -2.48. The van der Waals surface area contributed by atoms with Gasteiger partial charge in [0.15, 0.2) is 0 Å². The molecule has 0 aliphatic carbocycles. The van der Waals surface area contributed by atoms with E-state index in [-0.39, 0.29) is 5.91 Å². The van der Waals surface area contributed by atoms with Crippen molar-refractivity contribution >= 4 is 17.2 Å². The number of hydrogen-bond acceptors (Lipinski definition) is 5. The van der Waals surface area contributed by atoms with Gasteiger partial charge in [0.05, 0.1) is 10.7 Å². The molecule has 0 spiro atoms. The van der Waals surface area contributed by atoms with Crippen molar-refractivity contribution in [2.45, 2.75) is 13.5 Å². The number of carbonyl (C=O) groups excluding carboxylic acids is 1. The van der Waals surface area contributed by atoms with Gasteiger partial charge in [0.2, 0.25) is 0 Å². The zero-order chi connectivity index (χ0) is 14.7. The fourth-order valence-electron chi connectivity index (χ4n) is 2.50. The number of piperazine rings is 1. The fourth-order valence-corrected chi connectivity index (χ4v) is 3.10. The largest absolute Gasteiger partial charge is 0.336 e. The Morgan fingerprint density at radius 2 is 1.95 bits per heavy atom. The summed E-state index contributed by atoms with van der Waals surface area (Å²) in [5.41, 5.74) is 1.85. The molecule has 1 fully saturated rings. The number of pyridine rings is 1. The lowest BCUT2D eigenvalue weighted by molar-refractivity contribution is 0.0627. The van der Waals surface area contributed by atoms with E-state index in [9.17, 15) is 4.79 Å². The van der Waals surface area contributed by atoms with E-state index in [2.05, 4.69) is 20.2 Å². The van der Waals surface area contributed by atoms with Crippen LogP contribution in [-0.2, 0) is 6.54 Å². The molecule has 0 saturated carbocycles. The van der Waals surface area contributed by atoms with Gasteiger partial charge in [0, 0.05) is 56.1 Å². The molecule has 1 aliphatic rings. The average Bonchev–Trinajstić information content (AvgIpc) is 2.93. The van der Waals surface area contributed by atoms with Gasteiger partial charge in [0.25, 0.3) is 5.91 Å². The summed E-state index contributed by atoms with van der Waals surface area (Å²) in [5, 5.41) is 3.22. The minimum Gasteiger partial charge on any atom is -0.336 e. The minimum atomic E-state index is 0.0987. The highest BCUT2D eigenvalue weighted by Crippen LogP contribution is 2.13. The van der Waals surface area contributed by atoms with E-state index < -0.39 is 0 Å². The summed E-state index contributed by atoms with van der Waals surface area (Å²) in [6.45, 7) is 6.23. The third kappa shape index (κ3) is 3.46. The Hall–Kier alpha value is -1.79. The SMILES string of the molecule is Cc1nc(CN2CCN(C(=O)c3ccncc3)CC2)cs1. The van der Waals surface area contributed by atoms with E-state index in [1.165, 1.54) is 0 Å². The summed E-state index contributed by atoms with van der Waals surface area (Å²) >= 11 is 1.69. The molecular formula is C15H18N4OS. The van der Waals surface area contributed by atoms with Gasteiger partial charge < -0.3 is 4.90 Å². The quantitative estimate of drug-likeness (QED) is 0.867. The molecule has 3 rings (SSSR count). The zero-order valence-electron chi connectivity index (χ0n) is 12.0. The number of hydrogen-bond donors (Lipinski definition) is 0. The first-order chi connectivity index (χ1) is 10.2. The smallest absolute Gasteiger partial charge is 0.254 e. The molecule has 6 heteroatoms. The number of aromatic nitrogens is 2. The van der Waals surface area contributed by atoms with Gasteiger partial charge in [-0.05, 0) is 19.1 Å². The summed E-state index contributed by atoms with van der Waals surface area (Å²) in [7, 11) is 0. The number of carbonyl (C=O) groups is 1. The van der Waals surface area contributed by atoms with Crippen LogP contribution in [0.15, 0.2) is 29.9 Å². The van der Waals surface area contributed by atoms with Gasteiger partial charge in [-0.25, -0.2) is 4.98 Å². The summed E-state index contributed by atoms with van der Waals surface area (Å²) in [5.74, 6) is 0.0987. The van der Waals surface area contributed by atoms with E-state index in [0.29, 0.717) is 5.56 Å². The topological polar surface area (TPSA) is 49.3 Å². The van der Waals surface area contributed by atoms with Crippen LogP contribution < -0.4 is 0 Å². The van der Waals surface area contributed by atoms with E-state index >= 15 is 0 Å². The highest BCUT2D eigenvalue weighted by Gasteiger charge is 2.22. The number of thiazole rings is 1. The molecule has 0 aromatic carbocycles. The molecule has 0 bridgehead atoms. The van der Waals surface area contributed by atoms with Crippen LogP contribution in [0.4, 0.5) is 0 Å². The molecule has 5 nitrogen and oxygen atoms in total. The maximum atomic E-state index is 12.3. The van der Waals surface area contributed by atoms with Crippen molar-refractivity contribution in [3.05, 3.63) is 46.2 Å². The van der Waals surface area contributed by atoms with Gasteiger partial charge in [-0.1, -0.05) is 0 Å². The van der Waals surface area contributed by atoms with Crippen LogP contribution in [0.3, 0.4) is 0 Å². The van der Waals surface area contributed by atoms with Gasteiger partial charge in [0.1, 0.15) is 0 Å². The van der Waals surface area contributed by atoms with Gasteiger partial charge in [-0.15, -0.1) is 11.3 Å². The molecule has 110 valence electrons. The van der Waals surface area contributed by atoms with Crippen LogP contribution >= 0.6 is 11.3 Å². The van der Waals surface area contributed by atoms with Crippen molar-refractivity contribution in [2.75, 3.05) is 26.2 Å². The Kier molecular flexibility index (Phi) is 4.26. The zero-order valence-corrected chi connectivity index (χ0v) is 12.8. The van der Waals surface area contributed by atoms with E-state index in [1.807, 2.05) is 11.8 Å². The van der Waals surface area contributed by atoms with Crippen molar-refractivity contribution in [1.29, 1.82) is 0 Å². The van der Waals surface area contributed by atoms with Crippen molar-refractivity contribution < 1.29 is 4.79 Å². The highest BCUT2D eigenvalue weighted by molar-refractivity contribution is 7.09. The minimum absolute atomic E-state index is 0.0987. The number of aryl methyl sites for hydroxylation is 1. The predicted octanol–water partition coefficient (Wildman–Crippen LogP) is 1.80. The second kappa shape index (κ2) is 6.32. The Morgan fingerprint density at radius 3 is 2.57 bits per heavy atom. The van der Waals surface area contributed by atoms with E-state index in [4.69, 9.17) is 0 Å². The van der Waals surface area contributed by atoms with Crippen molar-refractivity contribution in [2.24, 2.45) is 0 Å². The molecule has 0 atom stereocenters. The predicted molar refractivity (Wildman–Crippen MR) is 82.3 cm³/mol. The molecule has 0 N–H and O–H groups in total. The van der Waals surface area contributed by atoms with Crippen LogP contribution in [0.1, 0.15) is 21.1 Å². The Bertz CT molecular complexity index is 605. The summed E-state index contributed by atoms with van der Waals surface area (Å²) in [6, 6.07) is 3.54. The summed E-state index contributed by atoms with van der Waals surface area (Å²) < 4.78 is 0. The van der Waals surface area contributed by atoms with Gasteiger partial charge in [-0.3, -0.25) is 14.7 Å². The standard InChI is InChI=1S/C15H18N4OS/c1-12-17-14(11-21-12)10-18-6-8-19(9-7-18)15(20)13-2-4-16-5-3-13/h2-5,11H,6-10H2,1H3. The van der Waals surface area contributed by atoms with Crippen LogP contribution in [0.5, 0.6) is 0 Å². The van der Waals surface area contributed by atoms with Crippen molar-refractivity contribution in [3.63, 3.8) is 0 Å². The monoisotopic (exact) mass is 302 g/mol. The lowest BCUT2D eigenvalue weighted by atomic mass is 10.2. The molecule has 1 aliphatic heterocycles. The van der Waals surface area contributed by atoms with Gasteiger partial charge in [-0.2, -0.15) is 0 Å². The molecule has 0 unspecified atom stereocenters. The summed E-state index contributed by atoms with van der Waals surface area (Å²) in [4.78, 5) is 25.0. The average molecular weight is 302 g/mol. The highest BCUT2D eigenvalue weighted by atomic mass is 32.1. The Morgan fingerprint density at radius 1 is 1.24 bits per heavy atom. The number of rotatable bonds is 3. The lowest BCUT2D eigenvalue weighted by Gasteiger charge is -2.34. The number of amides is 1. The van der Waals surface area contributed by atoms with Crippen molar-refractivity contribution in [1.82, 2.24) is 19.8 Å². The molecule has 3 heterocycles. The fraction of sp³-hybridized carbons (Fsp3) is 0.400. The third-order valence-electron chi connectivity index (χ3n) is 3.64. The Balaban J connectivity index is 1.54. The normalized spacial score (nSPS) is 16.1. The molecule has 1 amide bonds. The Labute approximate surface area is 128 Å². The van der Waals surface area contributed by atoms with E-state index in [1.54, 1.807) is 35.9 Å². The second-order valence-corrected chi connectivity index (χ2v) is 6.22. The summed E-state index contributed by atoms with van der Waals surface area (Å²) in [6.07, 6.45) is 3.32. The van der Waals surface area contributed by atoms with Crippen LogP contribution in [-0.4, -0.2) is 51.9 Å². The molecule has 21 heavy (non-hydrogen) atoms. The maximum absolute atomic E-state index is 12.3. The second-order valence-electron chi connectivity index (χ2n) is 5.16. The molecule has 2 aromatic heterocycles. The maximum Gasteiger partial charge on any atom is 0.254 e. The molecular weight excluding hydrogens is 284 g/mol. The molecule has 2 aromatic rings.